The Morgan fingerprint density at radius 2 is 1.96 bits per heavy atom. The van der Waals surface area contributed by atoms with E-state index >= 15 is 0 Å². The van der Waals surface area contributed by atoms with Crippen LogP contribution in [0, 0.1) is 6.92 Å². The Kier molecular flexibility index (Phi) is 4.68. The van der Waals surface area contributed by atoms with Crippen molar-refractivity contribution in [3.05, 3.63) is 60.6 Å². The van der Waals surface area contributed by atoms with Crippen LogP contribution in [0.25, 0.3) is 22.2 Å². The number of nitrogens with zero attached hydrogens (tertiary/aromatic N) is 3. The van der Waals surface area contributed by atoms with Crippen LogP contribution in [0.5, 0.6) is 0 Å². The third kappa shape index (κ3) is 3.46. The van der Waals surface area contributed by atoms with E-state index in [0.717, 1.165) is 33.6 Å². The Bertz CT molecular complexity index is 1110. The highest BCUT2D eigenvalue weighted by molar-refractivity contribution is 7.99. The second kappa shape index (κ2) is 7.28. The summed E-state index contributed by atoms with van der Waals surface area (Å²) in [5.74, 6) is 1.67. The zero-order valence-electron chi connectivity index (χ0n) is 15.0. The molecule has 0 aliphatic heterocycles. The molecule has 1 N–H and O–H groups in total. The van der Waals surface area contributed by atoms with Crippen LogP contribution in [0.3, 0.4) is 0 Å². The molecular weight excluding hydrogens is 360 g/mol. The molecule has 0 spiro atoms. The first-order valence-corrected chi connectivity index (χ1v) is 9.46. The maximum absolute atomic E-state index is 12.4. The fraction of sp³-hybridized carbons (Fsp3) is 0.150. The highest BCUT2D eigenvalue weighted by Crippen LogP contribution is 2.26. The van der Waals surface area contributed by atoms with Gasteiger partial charge in [-0.3, -0.25) is 4.79 Å². The normalized spacial score (nSPS) is 11.0. The number of anilines is 1. The summed E-state index contributed by atoms with van der Waals surface area (Å²) in [4.78, 5) is 12.4. The summed E-state index contributed by atoms with van der Waals surface area (Å²) >= 11 is 1.35. The SMILES string of the molecule is Cc1occc1-c1nnc(SCC(=O)Nc2cccc3ccccc23)n1C. The van der Waals surface area contributed by atoms with E-state index in [1.165, 1.54) is 11.8 Å². The molecule has 0 saturated carbocycles. The van der Waals surface area contributed by atoms with Gasteiger partial charge in [0.1, 0.15) is 5.76 Å². The lowest BCUT2D eigenvalue weighted by molar-refractivity contribution is -0.113. The van der Waals surface area contributed by atoms with E-state index in [9.17, 15) is 4.79 Å². The van der Waals surface area contributed by atoms with Gasteiger partial charge >= 0.3 is 0 Å². The second-order valence-electron chi connectivity index (χ2n) is 6.12. The van der Waals surface area contributed by atoms with Gasteiger partial charge in [-0.25, -0.2) is 0 Å². The molecule has 4 aromatic rings. The number of carbonyl (C=O) groups is 1. The van der Waals surface area contributed by atoms with E-state index in [2.05, 4.69) is 15.5 Å². The van der Waals surface area contributed by atoms with Gasteiger partial charge in [-0.15, -0.1) is 10.2 Å². The Morgan fingerprint density at radius 3 is 2.78 bits per heavy atom. The molecule has 0 radical (unpaired) electrons. The fourth-order valence-electron chi connectivity index (χ4n) is 2.94. The average Bonchev–Trinajstić information content (AvgIpc) is 3.25. The minimum absolute atomic E-state index is 0.0830. The number of rotatable bonds is 5. The van der Waals surface area contributed by atoms with Crippen molar-refractivity contribution in [1.29, 1.82) is 0 Å². The van der Waals surface area contributed by atoms with Gasteiger partial charge in [0.2, 0.25) is 5.91 Å². The lowest BCUT2D eigenvalue weighted by Gasteiger charge is -2.08. The summed E-state index contributed by atoms with van der Waals surface area (Å²) in [7, 11) is 1.88. The topological polar surface area (TPSA) is 72.9 Å². The first-order valence-electron chi connectivity index (χ1n) is 8.48. The van der Waals surface area contributed by atoms with Gasteiger partial charge in [-0.05, 0) is 24.4 Å². The molecule has 2 aromatic carbocycles. The molecule has 0 atom stereocenters. The van der Waals surface area contributed by atoms with Gasteiger partial charge < -0.3 is 14.3 Å². The molecule has 0 fully saturated rings. The summed E-state index contributed by atoms with van der Waals surface area (Å²) in [5, 5.41) is 14.2. The van der Waals surface area contributed by atoms with Crippen molar-refractivity contribution < 1.29 is 9.21 Å². The molecule has 0 aliphatic rings. The summed E-state index contributed by atoms with van der Waals surface area (Å²) in [6.45, 7) is 1.88. The van der Waals surface area contributed by atoms with Crippen LogP contribution in [0.4, 0.5) is 5.69 Å². The maximum atomic E-state index is 12.4. The number of thioether (sulfide) groups is 1. The van der Waals surface area contributed by atoms with E-state index in [0.29, 0.717) is 5.16 Å². The molecule has 27 heavy (non-hydrogen) atoms. The van der Waals surface area contributed by atoms with Crippen molar-refractivity contribution in [2.45, 2.75) is 12.1 Å². The van der Waals surface area contributed by atoms with Crippen LogP contribution < -0.4 is 5.32 Å². The summed E-state index contributed by atoms with van der Waals surface area (Å²) < 4.78 is 7.20. The van der Waals surface area contributed by atoms with Gasteiger partial charge in [0.05, 0.1) is 17.6 Å². The van der Waals surface area contributed by atoms with Gasteiger partial charge in [-0.2, -0.15) is 0 Å². The van der Waals surface area contributed by atoms with Gasteiger partial charge in [0, 0.05) is 18.1 Å². The summed E-state index contributed by atoms with van der Waals surface area (Å²) in [6.07, 6.45) is 1.63. The van der Waals surface area contributed by atoms with E-state index in [4.69, 9.17) is 4.42 Å². The van der Waals surface area contributed by atoms with Crippen molar-refractivity contribution in [2.24, 2.45) is 7.05 Å². The zero-order valence-corrected chi connectivity index (χ0v) is 15.8. The van der Waals surface area contributed by atoms with Crippen molar-refractivity contribution in [3.8, 4) is 11.4 Å². The molecule has 136 valence electrons. The molecule has 7 heteroatoms. The van der Waals surface area contributed by atoms with Crippen LogP contribution in [-0.2, 0) is 11.8 Å². The molecule has 0 aliphatic carbocycles. The number of hydrogen-bond donors (Lipinski definition) is 1. The van der Waals surface area contributed by atoms with E-state index < -0.39 is 0 Å². The largest absolute Gasteiger partial charge is 0.469 e. The fourth-order valence-corrected chi connectivity index (χ4v) is 3.65. The molecule has 4 rings (SSSR count). The number of nitrogens with one attached hydrogen (secondary N) is 1. The molecule has 6 nitrogen and oxygen atoms in total. The molecule has 0 bridgehead atoms. The first-order chi connectivity index (χ1) is 13.1. The predicted molar refractivity (Wildman–Crippen MR) is 107 cm³/mol. The Hall–Kier alpha value is -3.06. The van der Waals surface area contributed by atoms with Crippen molar-refractivity contribution in [3.63, 3.8) is 0 Å². The first kappa shape index (κ1) is 17.4. The number of amides is 1. The van der Waals surface area contributed by atoms with Crippen LogP contribution in [0.15, 0.2) is 64.4 Å². The van der Waals surface area contributed by atoms with E-state index in [1.807, 2.05) is 67.1 Å². The van der Waals surface area contributed by atoms with Crippen molar-refractivity contribution in [1.82, 2.24) is 14.8 Å². The molecular formula is C20H18N4O2S. The van der Waals surface area contributed by atoms with Crippen LogP contribution in [-0.4, -0.2) is 26.4 Å². The Morgan fingerprint density at radius 1 is 1.15 bits per heavy atom. The van der Waals surface area contributed by atoms with Crippen LogP contribution in [0.2, 0.25) is 0 Å². The van der Waals surface area contributed by atoms with E-state index in [-0.39, 0.29) is 11.7 Å². The minimum atomic E-state index is -0.0830. The second-order valence-corrected chi connectivity index (χ2v) is 7.06. The number of benzene rings is 2. The third-order valence-corrected chi connectivity index (χ3v) is 5.35. The van der Waals surface area contributed by atoms with E-state index in [1.54, 1.807) is 6.26 Å². The quantitative estimate of drug-likeness (QED) is 0.525. The molecule has 1 amide bonds. The average molecular weight is 378 g/mol. The summed E-state index contributed by atoms with van der Waals surface area (Å²) in [5.41, 5.74) is 1.71. The number of aromatic nitrogens is 3. The Labute approximate surface area is 160 Å². The van der Waals surface area contributed by atoms with Gasteiger partial charge in [0.25, 0.3) is 0 Å². The predicted octanol–water partition coefficient (Wildman–Crippen LogP) is 4.27. The molecule has 0 unspecified atom stereocenters. The number of aryl methyl sites for hydroxylation is 1. The van der Waals surface area contributed by atoms with Gasteiger partial charge in [0.15, 0.2) is 11.0 Å². The monoisotopic (exact) mass is 378 g/mol. The smallest absolute Gasteiger partial charge is 0.234 e. The lowest BCUT2D eigenvalue weighted by atomic mass is 10.1. The highest BCUT2D eigenvalue weighted by atomic mass is 32.2. The maximum Gasteiger partial charge on any atom is 0.234 e. The molecule has 2 aromatic heterocycles. The van der Waals surface area contributed by atoms with Gasteiger partial charge in [-0.1, -0.05) is 48.2 Å². The third-order valence-electron chi connectivity index (χ3n) is 4.33. The number of furan rings is 1. The lowest BCUT2D eigenvalue weighted by Crippen LogP contribution is -2.14. The Balaban J connectivity index is 1.46. The summed E-state index contributed by atoms with van der Waals surface area (Å²) in [6, 6.07) is 15.7. The zero-order chi connectivity index (χ0) is 18.8. The van der Waals surface area contributed by atoms with Crippen LogP contribution in [0.1, 0.15) is 5.76 Å². The number of fused-ring (bicyclic) bond motifs is 1. The molecule has 2 heterocycles. The van der Waals surface area contributed by atoms with Crippen molar-refractivity contribution >= 4 is 34.1 Å². The highest BCUT2D eigenvalue weighted by Gasteiger charge is 2.16. The number of carbonyl (C=O) groups excluding carboxylic acids is 1. The molecule has 0 saturated heterocycles. The van der Waals surface area contributed by atoms with Crippen LogP contribution >= 0.6 is 11.8 Å². The minimum Gasteiger partial charge on any atom is -0.469 e. The van der Waals surface area contributed by atoms with Crippen molar-refractivity contribution in [2.75, 3.05) is 11.1 Å². The standard InChI is InChI=1S/C20H18N4O2S/c1-13-15(10-11-26-13)19-22-23-20(24(19)2)27-12-18(25)21-17-9-5-7-14-6-3-4-8-16(14)17/h3-11H,12H2,1-2H3,(H,21,25). The number of hydrogen-bond acceptors (Lipinski definition) is 5.